The fraction of sp³-hybridized carbons (Fsp3) is 0.391. The van der Waals surface area contributed by atoms with Crippen LogP contribution in [0.2, 0.25) is 0 Å². The highest BCUT2D eigenvalue weighted by Crippen LogP contribution is 2.25. The molecule has 29 heavy (non-hydrogen) atoms. The van der Waals surface area contributed by atoms with Gasteiger partial charge in [-0.15, -0.1) is 0 Å². The highest BCUT2D eigenvalue weighted by atomic mass is 16.5. The van der Waals surface area contributed by atoms with Crippen molar-refractivity contribution in [3.63, 3.8) is 0 Å². The van der Waals surface area contributed by atoms with Crippen LogP contribution in [0.15, 0.2) is 48.5 Å². The smallest absolute Gasteiger partial charge is 0.253 e. The van der Waals surface area contributed by atoms with E-state index < -0.39 is 0 Å². The summed E-state index contributed by atoms with van der Waals surface area (Å²) in [5.41, 5.74) is 2.91. The predicted octanol–water partition coefficient (Wildman–Crippen LogP) is 3.65. The van der Waals surface area contributed by atoms with E-state index in [9.17, 15) is 9.59 Å². The molecule has 2 amide bonds. The van der Waals surface area contributed by atoms with E-state index in [1.165, 1.54) is 0 Å². The molecule has 2 N–H and O–H groups in total. The van der Waals surface area contributed by atoms with E-state index in [1.807, 2.05) is 68.4 Å². The van der Waals surface area contributed by atoms with Crippen molar-refractivity contribution in [3.8, 4) is 0 Å². The van der Waals surface area contributed by atoms with Crippen LogP contribution in [0.1, 0.15) is 41.6 Å². The third kappa shape index (κ3) is 6.32. The highest BCUT2D eigenvalue weighted by molar-refractivity contribution is 6.02. The van der Waals surface area contributed by atoms with Gasteiger partial charge in [-0.3, -0.25) is 9.59 Å². The molecule has 0 spiro atoms. The zero-order valence-corrected chi connectivity index (χ0v) is 17.7. The summed E-state index contributed by atoms with van der Waals surface area (Å²) >= 11 is 0. The van der Waals surface area contributed by atoms with E-state index in [4.69, 9.17) is 4.74 Å². The van der Waals surface area contributed by atoms with E-state index in [0.29, 0.717) is 30.8 Å². The molecular formula is C23H31N3O3. The lowest BCUT2D eigenvalue weighted by Gasteiger charge is -2.20. The molecule has 156 valence electrons. The maximum absolute atomic E-state index is 12.9. The number of ether oxygens (including phenoxy) is 1. The molecular weight excluding hydrogens is 366 g/mol. The van der Waals surface area contributed by atoms with E-state index >= 15 is 0 Å². The first kappa shape index (κ1) is 22.4. The Morgan fingerprint density at radius 3 is 2.45 bits per heavy atom. The molecule has 0 bridgehead atoms. The van der Waals surface area contributed by atoms with Gasteiger partial charge in [0.25, 0.3) is 5.91 Å². The lowest BCUT2D eigenvalue weighted by Crippen LogP contribution is -2.27. The van der Waals surface area contributed by atoms with Crippen LogP contribution in [0.3, 0.4) is 0 Å². The van der Waals surface area contributed by atoms with Crippen LogP contribution in [0, 0.1) is 0 Å². The normalized spacial score (nSPS) is 11.6. The number of carbonyl (C=O) groups excluding carboxylic acids is 2. The Morgan fingerprint density at radius 2 is 1.83 bits per heavy atom. The van der Waals surface area contributed by atoms with E-state index in [2.05, 4.69) is 10.6 Å². The summed E-state index contributed by atoms with van der Waals surface area (Å²) in [7, 11) is 5.41. The minimum atomic E-state index is -0.240. The van der Waals surface area contributed by atoms with Crippen LogP contribution in [-0.4, -0.2) is 46.2 Å². The minimum Gasteiger partial charge on any atom is -0.385 e. The zero-order valence-electron chi connectivity index (χ0n) is 17.7. The van der Waals surface area contributed by atoms with Gasteiger partial charge in [0.15, 0.2) is 0 Å². The summed E-state index contributed by atoms with van der Waals surface area (Å²) in [4.78, 5) is 27.4. The van der Waals surface area contributed by atoms with E-state index in [1.54, 1.807) is 13.2 Å². The van der Waals surface area contributed by atoms with Crippen LogP contribution in [-0.2, 0) is 9.53 Å². The van der Waals surface area contributed by atoms with Gasteiger partial charge in [-0.25, -0.2) is 0 Å². The number of nitrogens with one attached hydrogen (secondary N) is 2. The minimum absolute atomic E-state index is 0.0808. The predicted molar refractivity (Wildman–Crippen MR) is 118 cm³/mol. The molecule has 0 fully saturated rings. The van der Waals surface area contributed by atoms with Gasteiger partial charge < -0.3 is 20.3 Å². The Hall–Kier alpha value is -2.86. The quantitative estimate of drug-likeness (QED) is 0.601. The molecule has 0 aliphatic rings. The first-order valence-corrected chi connectivity index (χ1v) is 9.92. The van der Waals surface area contributed by atoms with Crippen molar-refractivity contribution in [3.05, 3.63) is 59.7 Å². The summed E-state index contributed by atoms with van der Waals surface area (Å²) in [6.07, 6.45) is 1.43. The molecule has 2 rings (SSSR count). The molecule has 6 nitrogen and oxygen atoms in total. The largest absolute Gasteiger partial charge is 0.385 e. The second-order valence-corrected chi connectivity index (χ2v) is 7.09. The molecule has 1 unspecified atom stereocenters. The van der Waals surface area contributed by atoms with E-state index in [0.717, 1.165) is 17.7 Å². The van der Waals surface area contributed by atoms with Crippen molar-refractivity contribution in [2.45, 2.75) is 25.7 Å². The van der Waals surface area contributed by atoms with Crippen LogP contribution in [0.4, 0.5) is 11.4 Å². The number of anilines is 2. The number of amides is 2. The number of hydrogen-bond donors (Lipinski definition) is 2. The van der Waals surface area contributed by atoms with Crippen molar-refractivity contribution in [1.82, 2.24) is 5.32 Å². The number of carbonyl (C=O) groups is 2. The monoisotopic (exact) mass is 397 g/mol. The van der Waals surface area contributed by atoms with Gasteiger partial charge in [0, 0.05) is 45.7 Å². The van der Waals surface area contributed by atoms with Crippen LogP contribution >= 0.6 is 0 Å². The van der Waals surface area contributed by atoms with Gasteiger partial charge in [0.2, 0.25) is 5.91 Å². The van der Waals surface area contributed by atoms with Crippen LogP contribution in [0.25, 0.3) is 0 Å². The van der Waals surface area contributed by atoms with Crippen LogP contribution in [0.5, 0.6) is 0 Å². The zero-order chi connectivity index (χ0) is 21.2. The topological polar surface area (TPSA) is 70.7 Å². The summed E-state index contributed by atoms with van der Waals surface area (Å²) < 4.78 is 5.02. The van der Waals surface area contributed by atoms with Gasteiger partial charge in [0.1, 0.15) is 0 Å². The maximum Gasteiger partial charge on any atom is 0.253 e. The molecule has 0 radical (unpaired) electrons. The highest BCUT2D eigenvalue weighted by Gasteiger charge is 2.20. The van der Waals surface area contributed by atoms with Gasteiger partial charge in [-0.2, -0.15) is 0 Å². The average Bonchev–Trinajstić information content (AvgIpc) is 2.72. The van der Waals surface area contributed by atoms with Crippen molar-refractivity contribution >= 4 is 23.2 Å². The number of hydrogen-bond acceptors (Lipinski definition) is 4. The van der Waals surface area contributed by atoms with Crippen LogP contribution < -0.4 is 15.5 Å². The van der Waals surface area contributed by atoms with Crippen molar-refractivity contribution < 1.29 is 14.3 Å². The Balaban J connectivity index is 2.18. The fourth-order valence-electron chi connectivity index (χ4n) is 3.19. The molecule has 2 aromatic rings. The molecule has 1 atom stereocenters. The fourth-order valence-corrected chi connectivity index (χ4v) is 3.19. The van der Waals surface area contributed by atoms with E-state index in [-0.39, 0.29) is 17.7 Å². The van der Waals surface area contributed by atoms with Gasteiger partial charge >= 0.3 is 0 Å². The number of rotatable bonds is 10. The molecule has 2 aromatic carbocycles. The van der Waals surface area contributed by atoms with Crippen molar-refractivity contribution in [2.24, 2.45) is 0 Å². The lowest BCUT2D eigenvalue weighted by atomic mass is 9.95. The number of nitrogens with zero attached hydrogens (tertiary/aromatic N) is 1. The number of methoxy groups -OCH3 is 1. The molecule has 0 saturated carbocycles. The third-order valence-corrected chi connectivity index (χ3v) is 4.73. The first-order valence-electron chi connectivity index (χ1n) is 9.92. The van der Waals surface area contributed by atoms with Crippen molar-refractivity contribution in [2.75, 3.05) is 44.6 Å². The Morgan fingerprint density at radius 1 is 1.10 bits per heavy atom. The SMILES string of the molecule is CCC(C(=O)Nc1ccc(N(C)C)c(C(=O)NCCCOC)c1)c1ccccc1. The molecule has 0 aliphatic carbocycles. The Kier molecular flexibility index (Phi) is 8.68. The summed E-state index contributed by atoms with van der Waals surface area (Å²) in [6, 6.07) is 15.1. The Bertz CT molecular complexity index is 806. The standard InChI is InChI=1S/C23H31N3O3/c1-5-19(17-10-7-6-8-11-17)23(28)25-18-12-13-21(26(2)3)20(16-18)22(27)24-14-9-15-29-4/h6-8,10-13,16,19H,5,9,14-15H2,1-4H3,(H,24,27)(H,25,28). The number of benzene rings is 2. The third-order valence-electron chi connectivity index (χ3n) is 4.73. The second kappa shape index (κ2) is 11.2. The lowest BCUT2D eigenvalue weighted by molar-refractivity contribution is -0.117. The van der Waals surface area contributed by atoms with Crippen molar-refractivity contribution in [1.29, 1.82) is 0 Å². The average molecular weight is 398 g/mol. The summed E-state index contributed by atoms with van der Waals surface area (Å²) in [5.74, 6) is -0.491. The molecule has 0 saturated heterocycles. The second-order valence-electron chi connectivity index (χ2n) is 7.09. The van der Waals surface area contributed by atoms with Gasteiger partial charge in [0.05, 0.1) is 11.5 Å². The maximum atomic E-state index is 12.9. The molecule has 0 heterocycles. The summed E-state index contributed by atoms with van der Waals surface area (Å²) in [5, 5.41) is 5.88. The van der Waals surface area contributed by atoms with Gasteiger partial charge in [-0.05, 0) is 36.6 Å². The molecule has 6 heteroatoms. The Labute approximate surface area is 173 Å². The molecule has 0 aliphatic heterocycles. The molecule has 0 aromatic heterocycles. The first-order chi connectivity index (χ1) is 14.0. The summed E-state index contributed by atoms with van der Waals surface area (Å²) in [6.45, 7) is 3.11. The van der Waals surface area contributed by atoms with Gasteiger partial charge in [-0.1, -0.05) is 37.3 Å².